The van der Waals surface area contributed by atoms with Crippen LogP contribution in [0.1, 0.15) is 36.7 Å². The number of likely N-dealkylation sites (N-methyl/N-ethyl adjacent to an activating group) is 1. The summed E-state index contributed by atoms with van der Waals surface area (Å²) in [6.07, 6.45) is 1.79. The van der Waals surface area contributed by atoms with Crippen molar-refractivity contribution in [1.29, 1.82) is 0 Å². The van der Waals surface area contributed by atoms with Gasteiger partial charge in [0.05, 0.1) is 23.0 Å². The summed E-state index contributed by atoms with van der Waals surface area (Å²) in [6.45, 7) is 9.64. The highest BCUT2D eigenvalue weighted by Crippen LogP contribution is 2.35. The number of rotatable bonds is 8. The van der Waals surface area contributed by atoms with Crippen molar-refractivity contribution in [2.45, 2.75) is 39.8 Å². The molecule has 2 heterocycles. The second kappa shape index (κ2) is 9.15. The fraction of sp³-hybridized carbons (Fsp3) is 0.417. The van der Waals surface area contributed by atoms with Crippen molar-refractivity contribution < 1.29 is 13.2 Å². The number of aromatic nitrogens is 2. The number of imidazole rings is 1. The van der Waals surface area contributed by atoms with Crippen LogP contribution in [0.4, 0.5) is 11.6 Å². The van der Waals surface area contributed by atoms with E-state index >= 15 is 0 Å². The van der Waals surface area contributed by atoms with Gasteiger partial charge in [-0.05, 0) is 62.3 Å². The van der Waals surface area contributed by atoms with Gasteiger partial charge in [0.15, 0.2) is 0 Å². The summed E-state index contributed by atoms with van der Waals surface area (Å²) in [5.41, 5.74) is 3.80. The maximum absolute atomic E-state index is 13.1. The van der Waals surface area contributed by atoms with Gasteiger partial charge < -0.3 is 9.47 Å². The summed E-state index contributed by atoms with van der Waals surface area (Å²) in [5, 5.41) is 2.98. The average Bonchev–Trinajstić information content (AvgIpc) is 3.29. The van der Waals surface area contributed by atoms with E-state index in [2.05, 4.69) is 29.0 Å². The van der Waals surface area contributed by atoms with Crippen molar-refractivity contribution in [3.05, 3.63) is 53.6 Å². The number of benzene rings is 2. The molecule has 9 heteroatoms. The predicted octanol–water partition coefficient (Wildman–Crippen LogP) is 3.34. The molecule has 0 unspecified atom stereocenters. The number of amides is 1. The maximum atomic E-state index is 13.1. The minimum absolute atomic E-state index is 0.169. The molecule has 1 aliphatic heterocycles. The lowest BCUT2D eigenvalue weighted by Crippen LogP contribution is -2.34. The van der Waals surface area contributed by atoms with Gasteiger partial charge in [-0.1, -0.05) is 26.0 Å². The molecule has 33 heavy (non-hydrogen) atoms. The number of nitrogens with zero attached hydrogens (tertiary/aromatic N) is 4. The van der Waals surface area contributed by atoms with Crippen LogP contribution in [0.5, 0.6) is 0 Å². The smallest absolute Gasteiger partial charge is 0.257 e. The maximum Gasteiger partial charge on any atom is 0.257 e. The lowest BCUT2D eigenvalue weighted by Gasteiger charge is -2.22. The molecule has 1 N–H and O–H groups in total. The van der Waals surface area contributed by atoms with E-state index in [1.807, 2.05) is 35.8 Å². The number of anilines is 2. The molecule has 0 saturated heterocycles. The van der Waals surface area contributed by atoms with Gasteiger partial charge in [0.1, 0.15) is 0 Å². The number of fused-ring (bicyclic) bond motifs is 2. The number of carbonyl (C=O) groups excluding carboxylic acids is 1. The Morgan fingerprint density at radius 1 is 1.18 bits per heavy atom. The van der Waals surface area contributed by atoms with Gasteiger partial charge in [-0.15, -0.1) is 0 Å². The Kier molecular flexibility index (Phi) is 6.45. The molecular weight excluding hydrogens is 438 g/mol. The Balaban J connectivity index is 1.61. The fourth-order valence-electron chi connectivity index (χ4n) is 4.60. The molecule has 1 amide bonds. The molecule has 0 fully saturated rings. The molecular formula is C24H31N5O3S. The van der Waals surface area contributed by atoms with E-state index in [0.29, 0.717) is 30.2 Å². The second-order valence-corrected chi connectivity index (χ2v) is 10.4. The molecule has 0 radical (unpaired) electrons. The largest absolute Gasteiger partial charge is 0.309 e. The van der Waals surface area contributed by atoms with Crippen LogP contribution in [0.2, 0.25) is 0 Å². The molecule has 4 rings (SSSR count). The fourth-order valence-corrected chi connectivity index (χ4v) is 5.87. The molecule has 1 aromatic heterocycles. The number of hydrogen-bond acceptors (Lipinski definition) is 5. The number of hydrogen-bond donors (Lipinski definition) is 1. The number of nitrogens with one attached hydrogen (secondary N) is 1. The van der Waals surface area contributed by atoms with Gasteiger partial charge in [-0.25, -0.2) is 13.4 Å². The average molecular weight is 470 g/mol. The minimum Gasteiger partial charge on any atom is -0.309 e. The van der Waals surface area contributed by atoms with Crippen LogP contribution in [0, 0.1) is 0 Å². The molecule has 8 nitrogen and oxygen atoms in total. The molecule has 1 atom stereocenters. The normalized spacial score (nSPS) is 15.9. The zero-order valence-electron chi connectivity index (χ0n) is 19.6. The Morgan fingerprint density at radius 3 is 2.61 bits per heavy atom. The Morgan fingerprint density at radius 2 is 1.91 bits per heavy atom. The van der Waals surface area contributed by atoms with Gasteiger partial charge in [0.2, 0.25) is 16.0 Å². The lowest BCUT2D eigenvalue weighted by atomic mass is 10.1. The standard InChI is InChI=1S/C24H31N5O3S/c1-5-27(6-2)13-14-28-22-10-8-7-9-20(22)25-24(28)26-23(30)18-11-12-21-19(16-18)15-17(3)29(21)33(4,31)32/h7-12,16-17H,5-6,13-15H2,1-4H3,(H,25,26,30)/t17-/m0/s1. The Hall–Kier alpha value is -2.91. The molecule has 0 bridgehead atoms. The van der Waals surface area contributed by atoms with E-state index in [1.54, 1.807) is 18.2 Å². The molecule has 1 aliphatic rings. The van der Waals surface area contributed by atoms with Gasteiger partial charge in [-0.2, -0.15) is 0 Å². The zero-order chi connectivity index (χ0) is 23.8. The first-order valence-corrected chi connectivity index (χ1v) is 13.2. The molecule has 0 aliphatic carbocycles. The molecule has 0 spiro atoms. The second-order valence-electron chi connectivity index (χ2n) is 8.51. The van der Waals surface area contributed by atoms with Crippen LogP contribution in [0.15, 0.2) is 42.5 Å². The summed E-state index contributed by atoms with van der Waals surface area (Å²) < 4.78 is 27.8. The van der Waals surface area contributed by atoms with E-state index in [4.69, 9.17) is 0 Å². The van der Waals surface area contributed by atoms with E-state index in [0.717, 1.165) is 36.2 Å². The third-order valence-corrected chi connectivity index (χ3v) is 7.54. The molecule has 0 saturated carbocycles. The SMILES string of the molecule is CCN(CC)CCn1c(NC(=O)c2ccc3c(c2)C[C@H](C)N3S(C)(=O)=O)nc2ccccc21. The van der Waals surface area contributed by atoms with Crippen LogP contribution in [0.3, 0.4) is 0 Å². The van der Waals surface area contributed by atoms with Gasteiger partial charge in [-0.3, -0.25) is 14.4 Å². The predicted molar refractivity (Wildman–Crippen MR) is 132 cm³/mol. The van der Waals surface area contributed by atoms with Gasteiger partial charge >= 0.3 is 0 Å². The van der Waals surface area contributed by atoms with Crippen molar-refractivity contribution in [2.75, 3.05) is 35.5 Å². The highest BCUT2D eigenvalue weighted by molar-refractivity contribution is 7.92. The summed E-state index contributed by atoms with van der Waals surface area (Å²) in [4.78, 5) is 20.1. The summed E-state index contributed by atoms with van der Waals surface area (Å²) in [5.74, 6) is 0.252. The van der Waals surface area contributed by atoms with Crippen LogP contribution in [-0.2, 0) is 23.0 Å². The van der Waals surface area contributed by atoms with Crippen molar-refractivity contribution in [3.8, 4) is 0 Å². The number of carbonyl (C=O) groups is 1. The third-order valence-electron chi connectivity index (χ3n) is 6.27. The van der Waals surface area contributed by atoms with Crippen molar-refractivity contribution in [3.63, 3.8) is 0 Å². The highest BCUT2D eigenvalue weighted by atomic mass is 32.2. The Bertz CT molecular complexity index is 1280. The van der Waals surface area contributed by atoms with Crippen molar-refractivity contribution in [2.24, 2.45) is 0 Å². The summed E-state index contributed by atoms with van der Waals surface area (Å²) in [7, 11) is -3.37. The van der Waals surface area contributed by atoms with Crippen LogP contribution < -0.4 is 9.62 Å². The van der Waals surface area contributed by atoms with E-state index in [1.165, 1.54) is 10.6 Å². The molecule has 2 aromatic carbocycles. The first-order chi connectivity index (χ1) is 15.7. The Labute approximate surface area is 195 Å². The number of para-hydroxylation sites is 2. The van der Waals surface area contributed by atoms with Gasteiger partial charge in [0, 0.05) is 24.7 Å². The zero-order valence-corrected chi connectivity index (χ0v) is 20.4. The monoisotopic (exact) mass is 469 g/mol. The summed E-state index contributed by atoms with van der Waals surface area (Å²) >= 11 is 0. The van der Waals surface area contributed by atoms with Crippen LogP contribution >= 0.6 is 0 Å². The first kappa shape index (κ1) is 23.3. The van der Waals surface area contributed by atoms with E-state index in [9.17, 15) is 13.2 Å². The van der Waals surface area contributed by atoms with Crippen molar-refractivity contribution in [1.82, 2.24) is 14.5 Å². The first-order valence-electron chi connectivity index (χ1n) is 11.3. The highest BCUT2D eigenvalue weighted by Gasteiger charge is 2.32. The van der Waals surface area contributed by atoms with Gasteiger partial charge in [0.25, 0.3) is 5.91 Å². The minimum atomic E-state index is -3.37. The molecule has 176 valence electrons. The van der Waals surface area contributed by atoms with E-state index < -0.39 is 10.0 Å². The lowest BCUT2D eigenvalue weighted by molar-refractivity contribution is 0.102. The van der Waals surface area contributed by atoms with E-state index in [-0.39, 0.29) is 11.9 Å². The van der Waals surface area contributed by atoms with Crippen molar-refractivity contribution >= 4 is 38.6 Å². The van der Waals surface area contributed by atoms with Crippen LogP contribution in [-0.4, -0.2) is 60.7 Å². The topological polar surface area (TPSA) is 87.5 Å². The summed E-state index contributed by atoms with van der Waals surface area (Å²) in [6, 6.07) is 12.9. The molecule has 3 aromatic rings. The number of sulfonamides is 1. The third kappa shape index (κ3) is 4.60. The van der Waals surface area contributed by atoms with Crippen LogP contribution in [0.25, 0.3) is 11.0 Å². The quantitative estimate of drug-likeness (QED) is 0.547.